The van der Waals surface area contributed by atoms with Crippen molar-refractivity contribution in [2.24, 2.45) is 11.8 Å². The van der Waals surface area contributed by atoms with Crippen LogP contribution in [0, 0.1) is 18.8 Å². The number of aliphatic hydroxyl groups excluding tert-OH is 1. The first-order chi connectivity index (χ1) is 16.7. The van der Waals surface area contributed by atoms with Crippen molar-refractivity contribution in [1.82, 2.24) is 14.5 Å². The number of carbonyl (C=O) groups is 1. The zero-order valence-electron chi connectivity index (χ0n) is 21.3. The normalized spacial score (nSPS) is 17.2. The summed E-state index contributed by atoms with van der Waals surface area (Å²) in [6.45, 7) is 9.33. The second kappa shape index (κ2) is 12.0. The van der Waals surface area contributed by atoms with Gasteiger partial charge in [-0.3, -0.25) is 9.59 Å². The molecule has 196 valence electrons. The lowest BCUT2D eigenvalue weighted by Gasteiger charge is -2.20. The zero-order valence-corrected chi connectivity index (χ0v) is 22.1. The first-order valence-electron chi connectivity index (χ1n) is 12.4. The van der Waals surface area contributed by atoms with Crippen LogP contribution in [-0.2, 0) is 27.2 Å². The van der Waals surface area contributed by atoms with E-state index in [1.807, 2.05) is 12.1 Å². The van der Waals surface area contributed by atoms with E-state index in [0.717, 1.165) is 54.2 Å². The van der Waals surface area contributed by atoms with Crippen LogP contribution in [0.3, 0.4) is 0 Å². The fraction of sp³-hybridized carbons (Fsp3) is 0.519. The zero-order chi connectivity index (χ0) is 25.1. The Bertz CT molecular complexity index is 1240. The molecule has 9 heteroatoms. The van der Waals surface area contributed by atoms with Crippen LogP contribution in [0.25, 0.3) is 22.4 Å². The molecular weight excluding hydrogens is 482 g/mol. The number of carbonyl (C=O) groups excluding carboxylic acids is 1. The summed E-state index contributed by atoms with van der Waals surface area (Å²) in [6.07, 6.45) is 2.83. The highest BCUT2D eigenvalue weighted by atomic mass is 35.5. The lowest BCUT2D eigenvalue weighted by Crippen LogP contribution is -2.30. The molecule has 3 aromatic rings. The highest BCUT2D eigenvalue weighted by Gasteiger charge is 2.26. The van der Waals surface area contributed by atoms with Gasteiger partial charge in [0.15, 0.2) is 0 Å². The van der Waals surface area contributed by atoms with Gasteiger partial charge >= 0.3 is 5.97 Å². The van der Waals surface area contributed by atoms with Crippen LogP contribution < -0.4 is 5.56 Å². The number of aromatic amines is 1. The number of aryl methyl sites for hydroxylation is 2. The molecule has 0 amide bonds. The van der Waals surface area contributed by atoms with E-state index < -0.39 is 12.0 Å². The van der Waals surface area contributed by atoms with Crippen molar-refractivity contribution < 1.29 is 19.4 Å². The van der Waals surface area contributed by atoms with Gasteiger partial charge in [0.25, 0.3) is 5.56 Å². The largest absolute Gasteiger partial charge is 0.463 e. The Morgan fingerprint density at radius 2 is 2.08 bits per heavy atom. The number of benzene rings is 1. The number of nitrogens with zero attached hydrogens (tertiary/aromatic N) is 2. The van der Waals surface area contributed by atoms with Crippen molar-refractivity contribution in [2.45, 2.75) is 65.7 Å². The molecule has 2 N–H and O–H groups in total. The maximum absolute atomic E-state index is 12.4. The quantitative estimate of drug-likeness (QED) is 0.415. The van der Waals surface area contributed by atoms with E-state index in [1.165, 1.54) is 0 Å². The van der Waals surface area contributed by atoms with E-state index in [9.17, 15) is 14.7 Å². The Kier molecular flexibility index (Phi) is 9.33. The molecule has 1 saturated heterocycles. The molecule has 36 heavy (non-hydrogen) atoms. The SMILES string of the molecule is Cc1cc(-c2nc3cc(CC[C@H](C(=O)OC(C)C)[C@@H](C)O)ccc3n2CC2CCOC2)c[nH]c1=O.Cl. The van der Waals surface area contributed by atoms with Gasteiger partial charge in [-0.05, 0) is 70.7 Å². The van der Waals surface area contributed by atoms with Crippen LogP contribution in [0.15, 0.2) is 35.3 Å². The number of aromatic nitrogens is 3. The van der Waals surface area contributed by atoms with Crippen LogP contribution in [0.2, 0.25) is 0 Å². The Labute approximate surface area is 217 Å². The van der Waals surface area contributed by atoms with Crippen LogP contribution in [0.5, 0.6) is 0 Å². The molecule has 0 aliphatic carbocycles. The van der Waals surface area contributed by atoms with Gasteiger partial charge in [-0.15, -0.1) is 12.4 Å². The lowest BCUT2D eigenvalue weighted by molar-refractivity contribution is -0.156. The van der Waals surface area contributed by atoms with E-state index in [-0.39, 0.29) is 30.0 Å². The van der Waals surface area contributed by atoms with E-state index in [1.54, 1.807) is 33.9 Å². The summed E-state index contributed by atoms with van der Waals surface area (Å²) in [7, 11) is 0. The smallest absolute Gasteiger partial charge is 0.311 e. The molecule has 1 aliphatic heterocycles. The second-order valence-electron chi connectivity index (χ2n) is 9.87. The minimum absolute atomic E-state index is 0. The van der Waals surface area contributed by atoms with Crippen molar-refractivity contribution in [2.75, 3.05) is 13.2 Å². The maximum Gasteiger partial charge on any atom is 0.311 e. The first kappa shape index (κ1) is 27.9. The third-order valence-electron chi connectivity index (χ3n) is 6.61. The molecule has 0 bridgehead atoms. The van der Waals surface area contributed by atoms with Crippen LogP contribution in [-0.4, -0.2) is 51.0 Å². The lowest BCUT2D eigenvalue weighted by atomic mass is 9.95. The van der Waals surface area contributed by atoms with Gasteiger partial charge in [-0.1, -0.05) is 6.07 Å². The fourth-order valence-electron chi connectivity index (χ4n) is 4.65. The average molecular weight is 518 g/mol. The number of nitrogens with one attached hydrogen (secondary N) is 1. The third kappa shape index (κ3) is 6.35. The maximum atomic E-state index is 12.4. The van der Waals surface area contributed by atoms with E-state index in [4.69, 9.17) is 14.5 Å². The molecule has 0 radical (unpaired) electrons. The first-order valence-corrected chi connectivity index (χ1v) is 12.4. The van der Waals surface area contributed by atoms with Crippen molar-refractivity contribution in [3.05, 3.63) is 51.9 Å². The summed E-state index contributed by atoms with van der Waals surface area (Å²) in [6, 6.07) is 8.04. The minimum atomic E-state index is -0.784. The molecule has 3 atom stereocenters. The van der Waals surface area contributed by atoms with Gasteiger partial charge in [-0.25, -0.2) is 4.98 Å². The van der Waals surface area contributed by atoms with E-state index in [0.29, 0.717) is 24.3 Å². The van der Waals surface area contributed by atoms with E-state index >= 15 is 0 Å². The Hall–Kier alpha value is -2.68. The van der Waals surface area contributed by atoms with Gasteiger partial charge in [0, 0.05) is 36.4 Å². The highest BCUT2D eigenvalue weighted by Crippen LogP contribution is 2.29. The third-order valence-corrected chi connectivity index (χ3v) is 6.61. The number of esters is 1. The van der Waals surface area contributed by atoms with Gasteiger partial charge in [0.1, 0.15) is 5.82 Å². The monoisotopic (exact) mass is 517 g/mol. The number of rotatable bonds is 9. The van der Waals surface area contributed by atoms with Crippen molar-refractivity contribution in [3.63, 3.8) is 0 Å². The van der Waals surface area contributed by atoms with Crippen LogP contribution in [0.1, 0.15) is 44.7 Å². The number of ether oxygens (including phenoxy) is 2. The molecule has 3 heterocycles. The van der Waals surface area contributed by atoms with Gasteiger partial charge in [0.05, 0.1) is 35.8 Å². The number of hydrogen-bond acceptors (Lipinski definition) is 6. The fourth-order valence-corrected chi connectivity index (χ4v) is 4.65. The summed E-state index contributed by atoms with van der Waals surface area (Å²) in [4.78, 5) is 32.1. The van der Waals surface area contributed by atoms with Crippen LogP contribution >= 0.6 is 12.4 Å². The molecule has 0 spiro atoms. The number of pyridine rings is 1. The summed E-state index contributed by atoms with van der Waals surface area (Å²) in [5.41, 5.74) is 4.32. The molecule has 1 fully saturated rings. The topological polar surface area (TPSA) is 106 Å². The predicted octanol–water partition coefficient (Wildman–Crippen LogP) is 4.04. The molecule has 1 aliphatic rings. The molecule has 2 aromatic heterocycles. The number of aliphatic hydroxyl groups is 1. The molecular formula is C27H36ClN3O5. The molecule has 1 unspecified atom stereocenters. The molecule has 4 rings (SSSR count). The minimum Gasteiger partial charge on any atom is -0.463 e. The number of H-pyrrole nitrogens is 1. The Morgan fingerprint density at radius 3 is 2.72 bits per heavy atom. The van der Waals surface area contributed by atoms with E-state index in [2.05, 4.69) is 21.7 Å². The van der Waals surface area contributed by atoms with Crippen molar-refractivity contribution in [1.29, 1.82) is 0 Å². The van der Waals surface area contributed by atoms with Gasteiger partial charge < -0.3 is 24.1 Å². The average Bonchev–Trinajstić information content (AvgIpc) is 3.43. The van der Waals surface area contributed by atoms with Gasteiger partial charge in [0.2, 0.25) is 0 Å². The molecule has 8 nitrogen and oxygen atoms in total. The summed E-state index contributed by atoms with van der Waals surface area (Å²) in [5.74, 6) is 0.279. The van der Waals surface area contributed by atoms with Gasteiger partial charge in [-0.2, -0.15) is 0 Å². The number of hydrogen-bond donors (Lipinski definition) is 2. The second-order valence-corrected chi connectivity index (χ2v) is 9.87. The predicted molar refractivity (Wildman–Crippen MR) is 141 cm³/mol. The molecule has 0 saturated carbocycles. The number of fused-ring (bicyclic) bond motifs is 1. The van der Waals surface area contributed by atoms with Crippen LogP contribution in [0.4, 0.5) is 0 Å². The van der Waals surface area contributed by atoms with Crippen molar-refractivity contribution >= 4 is 29.4 Å². The highest BCUT2D eigenvalue weighted by molar-refractivity contribution is 5.85. The number of halogens is 1. The Balaban J connectivity index is 0.00000361. The summed E-state index contributed by atoms with van der Waals surface area (Å²) >= 11 is 0. The standard InChI is InChI=1S/C27H35N3O5.ClH/c1-16(2)35-27(33)22(18(4)31)7-5-19-6-8-24-23(12-19)29-25(21-11-17(3)26(32)28-13-21)30(24)14-20-9-10-34-15-20;/h6,8,11-13,16,18,20,22,31H,5,7,9-10,14-15H2,1-4H3,(H,28,32);1H/t18-,20?,22+;/m1./s1. The number of imidazole rings is 1. The summed E-state index contributed by atoms with van der Waals surface area (Å²) < 4.78 is 13.1. The summed E-state index contributed by atoms with van der Waals surface area (Å²) in [5, 5.41) is 10.1. The Morgan fingerprint density at radius 1 is 1.31 bits per heavy atom. The molecule has 1 aromatic carbocycles. The van der Waals surface area contributed by atoms with Crippen molar-refractivity contribution in [3.8, 4) is 11.4 Å².